The monoisotopic (exact) mass is 484 g/mol. The van der Waals surface area contributed by atoms with E-state index in [4.69, 9.17) is 11.3 Å². The zero-order chi connectivity index (χ0) is 21.3. The molecule has 0 heterocycles. The van der Waals surface area contributed by atoms with Crippen LogP contribution < -0.4 is 0 Å². The average Bonchev–Trinajstić information content (AvgIpc) is 2.76. The van der Waals surface area contributed by atoms with Crippen molar-refractivity contribution in [3.8, 4) is 0 Å². The van der Waals surface area contributed by atoms with Crippen LogP contribution in [0.5, 0.6) is 0 Å². The van der Waals surface area contributed by atoms with Crippen LogP contribution in [0.3, 0.4) is 0 Å². The van der Waals surface area contributed by atoms with Gasteiger partial charge in [-0.25, -0.2) is 0 Å². The molecule has 0 bridgehead atoms. The summed E-state index contributed by atoms with van der Waals surface area (Å²) >= 11 is -4.41. The van der Waals surface area contributed by atoms with Gasteiger partial charge >= 0.3 is 187 Å². The van der Waals surface area contributed by atoms with E-state index in [1.165, 1.54) is 0 Å². The second-order valence-electron chi connectivity index (χ2n) is 8.04. The van der Waals surface area contributed by atoms with E-state index in [1.54, 1.807) is 0 Å². The molecule has 0 aliphatic carbocycles. The topological polar surface area (TPSA) is 36.9 Å². The molecule has 0 N–H and O–H groups in total. The number of rotatable bonds is 10. The Morgan fingerprint density at radius 2 is 0.833 bits per heavy atom. The molecule has 0 radical (unpaired) electrons. The molecule has 3 aromatic rings. The Morgan fingerprint density at radius 3 is 1.10 bits per heavy atom. The fourth-order valence-electron chi connectivity index (χ4n) is 2.83. The minimum atomic E-state index is -4.41. The first-order valence-corrected chi connectivity index (χ1v) is 14.2. The van der Waals surface area contributed by atoms with Crippen LogP contribution in [0.25, 0.3) is 0 Å². The summed E-state index contributed by atoms with van der Waals surface area (Å²) in [4.78, 5) is 0. The number of hydrogen-bond acceptors (Lipinski definition) is 4. The van der Waals surface area contributed by atoms with E-state index in [1.807, 2.05) is 112 Å². The zero-order valence-electron chi connectivity index (χ0n) is 17.9. The molecule has 0 aromatic heterocycles. The number of hydrogen-bond donors (Lipinski definition) is 0. The van der Waals surface area contributed by atoms with Crippen molar-refractivity contribution in [2.45, 2.75) is 46.2 Å². The molecule has 0 spiro atoms. The van der Waals surface area contributed by atoms with Crippen molar-refractivity contribution in [3.63, 3.8) is 0 Å². The van der Waals surface area contributed by atoms with Crippen molar-refractivity contribution >= 4 is 0 Å². The van der Waals surface area contributed by atoms with Gasteiger partial charge in [0.15, 0.2) is 0 Å². The van der Waals surface area contributed by atoms with Crippen LogP contribution in [-0.2, 0) is 53.1 Å². The van der Waals surface area contributed by atoms with E-state index >= 15 is 0 Å². The summed E-state index contributed by atoms with van der Waals surface area (Å²) < 4.78 is 25.6. The molecule has 0 saturated heterocycles. The third-order valence-electron chi connectivity index (χ3n) is 4.21. The van der Waals surface area contributed by atoms with Gasteiger partial charge in [-0.15, -0.1) is 0 Å². The van der Waals surface area contributed by atoms with Crippen molar-refractivity contribution in [1.29, 1.82) is 0 Å². The van der Waals surface area contributed by atoms with Gasteiger partial charge in [0.25, 0.3) is 0 Å². The van der Waals surface area contributed by atoms with E-state index in [9.17, 15) is 0 Å². The molecular formula is C25H30O4Zr. The fourth-order valence-corrected chi connectivity index (χ4v) is 8.25. The van der Waals surface area contributed by atoms with Crippen LogP contribution in [0.15, 0.2) is 91.0 Å². The first kappa shape index (κ1) is 23.1. The summed E-state index contributed by atoms with van der Waals surface area (Å²) in [6.45, 7) is 7.16. The summed E-state index contributed by atoms with van der Waals surface area (Å²) in [6.07, 6.45) is 0. The molecule has 0 unspecified atom stereocenters. The van der Waals surface area contributed by atoms with Crippen LogP contribution in [0.1, 0.15) is 37.5 Å². The van der Waals surface area contributed by atoms with Crippen LogP contribution in [0, 0.1) is 0 Å². The van der Waals surface area contributed by atoms with Gasteiger partial charge in [0.2, 0.25) is 0 Å². The van der Waals surface area contributed by atoms with Crippen molar-refractivity contribution in [3.05, 3.63) is 108 Å². The Hall–Kier alpha value is -1.62. The zero-order valence-corrected chi connectivity index (χ0v) is 20.4. The van der Waals surface area contributed by atoms with Gasteiger partial charge in [0, 0.05) is 0 Å². The van der Waals surface area contributed by atoms with E-state index < -0.39 is 27.6 Å². The Balaban J connectivity index is 1.82. The molecule has 0 saturated carbocycles. The molecule has 3 aromatic carbocycles. The Morgan fingerprint density at radius 1 is 0.533 bits per heavy atom. The number of benzene rings is 3. The first-order chi connectivity index (χ1) is 14.4. The Labute approximate surface area is 186 Å². The average molecular weight is 486 g/mol. The SMILES string of the molecule is CC(C)(C)[O][Zr]([O]Cc1ccccc1)([O]Cc1ccccc1)[O]Cc1ccccc1. The molecule has 3 rings (SSSR count). The van der Waals surface area contributed by atoms with Gasteiger partial charge in [-0.05, 0) is 0 Å². The first-order valence-electron chi connectivity index (χ1n) is 10.2. The minimum absolute atomic E-state index is 0.385. The third kappa shape index (κ3) is 7.90. The van der Waals surface area contributed by atoms with Crippen LogP contribution in [-0.4, -0.2) is 5.60 Å². The van der Waals surface area contributed by atoms with E-state index in [2.05, 4.69) is 0 Å². The van der Waals surface area contributed by atoms with Crippen LogP contribution in [0.2, 0.25) is 0 Å². The van der Waals surface area contributed by atoms with Gasteiger partial charge in [0.05, 0.1) is 0 Å². The van der Waals surface area contributed by atoms with E-state index in [0.717, 1.165) is 16.7 Å². The van der Waals surface area contributed by atoms with Crippen molar-refractivity contribution in [1.82, 2.24) is 0 Å². The van der Waals surface area contributed by atoms with Crippen LogP contribution in [0.4, 0.5) is 0 Å². The summed E-state index contributed by atoms with van der Waals surface area (Å²) in [5, 5.41) is 0. The third-order valence-corrected chi connectivity index (χ3v) is 10.00. The molecule has 0 aliphatic rings. The molecule has 0 atom stereocenters. The van der Waals surface area contributed by atoms with Crippen molar-refractivity contribution in [2.75, 3.05) is 0 Å². The van der Waals surface area contributed by atoms with Gasteiger partial charge in [0.1, 0.15) is 0 Å². The molecule has 5 heteroatoms. The van der Waals surface area contributed by atoms with Gasteiger partial charge in [-0.1, -0.05) is 0 Å². The fraction of sp³-hybridized carbons (Fsp3) is 0.280. The second kappa shape index (κ2) is 11.1. The predicted molar refractivity (Wildman–Crippen MR) is 115 cm³/mol. The van der Waals surface area contributed by atoms with Crippen molar-refractivity contribution in [2.24, 2.45) is 0 Å². The standard InChI is InChI=1S/3C7H7O.C4H9O.Zr/c3*8-6-7-4-2-1-3-5-7;1-4(2,3)5;/h3*1-5H,6H2;1-3H3;/q4*-1;+4. The van der Waals surface area contributed by atoms with Crippen LogP contribution >= 0.6 is 0 Å². The molecule has 0 fully saturated rings. The molecule has 0 aliphatic heterocycles. The summed E-state index contributed by atoms with van der Waals surface area (Å²) in [7, 11) is 0. The maximum atomic E-state index is 6.43. The molecular weight excluding hydrogens is 455 g/mol. The molecule has 158 valence electrons. The molecule has 4 nitrogen and oxygen atoms in total. The second-order valence-corrected chi connectivity index (χ2v) is 13.1. The molecule has 30 heavy (non-hydrogen) atoms. The summed E-state index contributed by atoms with van der Waals surface area (Å²) in [5.41, 5.74) is 2.72. The Kier molecular flexibility index (Phi) is 8.55. The van der Waals surface area contributed by atoms with Gasteiger partial charge in [-0.3, -0.25) is 0 Å². The van der Waals surface area contributed by atoms with Gasteiger partial charge < -0.3 is 0 Å². The quantitative estimate of drug-likeness (QED) is 0.339. The summed E-state index contributed by atoms with van der Waals surface area (Å²) in [5.74, 6) is 0. The van der Waals surface area contributed by atoms with Gasteiger partial charge in [-0.2, -0.15) is 0 Å². The predicted octanol–water partition coefficient (Wildman–Crippen LogP) is 6.27. The Bertz CT molecular complexity index is 758. The van der Waals surface area contributed by atoms with Crippen molar-refractivity contribution < 1.29 is 33.3 Å². The normalized spacial score (nSPS) is 12.1. The summed E-state index contributed by atoms with van der Waals surface area (Å²) in [6, 6.07) is 30.1. The van der Waals surface area contributed by atoms with E-state index in [-0.39, 0.29) is 0 Å². The maximum absolute atomic E-state index is 6.43. The van der Waals surface area contributed by atoms with E-state index in [0.29, 0.717) is 19.8 Å². The molecule has 0 amide bonds.